The molecule has 0 aromatic heterocycles. The molecule has 0 radical (unpaired) electrons. The molecule has 0 aliphatic heterocycles. The van der Waals surface area contributed by atoms with Gasteiger partial charge < -0.3 is 14.6 Å². The number of halogens is 1. The van der Waals surface area contributed by atoms with Crippen molar-refractivity contribution in [3.8, 4) is 0 Å². The van der Waals surface area contributed by atoms with Crippen molar-refractivity contribution in [3.63, 3.8) is 0 Å². The zero-order chi connectivity index (χ0) is 9.61. The van der Waals surface area contributed by atoms with Crippen molar-refractivity contribution in [1.82, 2.24) is 0 Å². The summed E-state index contributed by atoms with van der Waals surface area (Å²) in [6.45, 7) is 4.32. The number of carbonyl (C=O) groups is 1. The number of carboxylic acid groups (broad SMARTS) is 1. The van der Waals surface area contributed by atoms with E-state index in [2.05, 4.69) is 15.9 Å². The number of hydrogen-bond acceptors (Lipinski definition) is 3. The maximum Gasteiger partial charge on any atom is 0.349 e. The number of hydrogen-bond donors (Lipinski definition) is 1. The second-order valence-corrected chi connectivity index (χ2v) is 3.38. The molecule has 0 amide bonds. The molecule has 1 unspecified atom stereocenters. The maximum atomic E-state index is 10.7. The number of aliphatic carboxylic acids is 1. The monoisotopic (exact) mass is 240 g/mol. The lowest BCUT2D eigenvalue weighted by atomic mass is 10.4. The van der Waals surface area contributed by atoms with Gasteiger partial charge in [0.15, 0.2) is 0 Å². The van der Waals surface area contributed by atoms with Gasteiger partial charge in [-0.1, -0.05) is 0 Å². The second kappa shape index (κ2) is 5.50. The normalized spacial score (nSPS) is 15.6. The molecule has 0 aromatic carbocycles. The molecular formula is C7H13BrO4. The van der Waals surface area contributed by atoms with Crippen LogP contribution in [0.1, 0.15) is 13.8 Å². The Morgan fingerprint density at radius 3 is 2.42 bits per heavy atom. The third-order valence-electron chi connectivity index (χ3n) is 1.18. The number of ether oxygens (including phenoxy) is 2. The largest absolute Gasteiger partial charge is 0.478 e. The van der Waals surface area contributed by atoms with Gasteiger partial charge in [0.2, 0.25) is 4.51 Å². The molecule has 4 nitrogen and oxygen atoms in total. The van der Waals surface area contributed by atoms with Gasteiger partial charge in [0.25, 0.3) is 0 Å². The Bertz CT molecular complexity index is 150. The topological polar surface area (TPSA) is 55.8 Å². The van der Waals surface area contributed by atoms with Crippen molar-refractivity contribution in [2.75, 3.05) is 19.8 Å². The Hall–Kier alpha value is -0.130. The molecule has 0 rings (SSSR count). The van der Waals surface area contributed by atoms with Crippen LogP contribution in [0.15, 0.2) is 0 Å². The lowest BCUT2D eigenvalue weighted by molar-refractivity contribution is -0.157. The molecule has 0 spiro atoms. The van der Waals surface area contributed by atoms with E-state index < -0.39 is 10.5 Å². The predicted octanol–water partition coefficient (Wildman–Crippen LogP) is 1.24. The van der Waals surface area contributed by atoms with Gasteiger partial charge in [-0.3, -0.25) is 0 Å². The highest BCUT2D eigenvalue weighted by Crippen LogP contribution is 2.20. The molecule has 0 bridgehead atoms. The molecule has 0 aromatic rings. The van der Waals surface area contributed by atoms with E-state index in [0.29, 0.717) is 13.2 Å². The smallest absolute Gasteiger partial charge is 0.349 e. The van der Waals surface area contributed by atoms with Crippen LogP contribution in [-0.4, -0.2) is 35.4 Å². The summed E-state index contributed by atoms with van der Waals surface area (Å²) in [5, 5.41) is 8.74. The van der Waals surface area contributed by atoms with Crippen LogP contribution < -0.4 is 0 Å². The Morgan fingerprint density at radius 1 is 1.50 bits per heavy atom. The lowest BCUT2D eigenvalue weighted by Gasteiger charge is -2.21. The minimum absolute atomic E-state index is 0.00662. The van der Waals surface area contributed by atoms with Crippen molar-refractivity contribution in [2.45, 2.75) is 18.4 Å². The van der Waals surface area contributed by atoms with E-state index in [1.807, 2.05) is 0 Å². The number of rotatable bonds is 6. The van der Waals surface area contributed by atoms with Gasteiger partial charge in [-0.05, 0) is 29.8 Å². The van der Waals surface area contributed by atoms with Crippen molar-refractivity contribution >= 4 is 21.9 Å². The number of alkyl halides is 1. The molecule has 0 heterocycles. The highest BCUT2D eigenvalue weighted by molar-refractivity contribution is 9.10. The summed E-state index contributed by atoms with van der Waals surface area (Å²) in [5.41, 5.74) is 0. The quantitative estimate of drug-likeness (QED) is 0.710. The van der Waals surface area contributed by atoms with E-state index in [1.165, 1.54) is 0 Å². The minimum Gasteiger partial charge on any atom is -0.478 e. The molecule has 72 valence electrons. The predicted molar refractivity (Wildman–Crippen MR) is 47.4 cm³/mol. The Kier molecular flexibility index (Phi) is 5.44. The van der Waals surface area contributed by atoms with Gasteiger partial charge in [0.1, 0.15) is 0 Å². The number of carboxylic acids is 1. The lowest BCUT2D eigenvalue weighted by Crippen LogP contribution is -2.39. The van der Waals surface area contributed by atoms with Crippen LogP contribution >= 0.6 is 15.9 Å². The second-order valence-electron chi connectivity index (χ2n) is 2.10. The van der Waals surface area contributed by atoms with Crippen LogP contribution in [0, 0.1) is 0 Å². The van der Waals surface area contributed by atoms with Crippen LogP contribution in [0.25, 0.3) is 0 Å². The fraction of sp³-hybridized carbons (Fsp3) is 0.857. The Morgan fingerprint density at radius 2 is 2.08 bits per heavy atom. The average molecular weight is 241 g/mol. The first-order valence-electron chi connectivity index (χ1n) is 3.70. The Balaban J connectivity index is 4.08. The summed E-state index contributed by atoms with van der Waals surface area (Å²) in [6, 6.07) is 0. The molecular weight excluding hydrogens is 228 g/mol. The van der Waals surface area contributed by atoms with Crippen LogP contribution in [0.5, 0.6) is 0 Å². The fourth-order valence-electron chi connectivity index (χ4n) is 0.627. The first-order valence-corrected chi connectivity index (χ1v) is 4.50. The molecule has 0 saturated carbocycles. The highest BCUT2D eigenvalue weighted by atomic mass is 79.9. The average Bonchev–Trinajstić information content (AvgIpc) is 2.01. The molecule has 0 aliphatic rings. The molecule has 1 atom stereocenters. The van der Waals surface area contributed by atoms with Gasteiger partial charge in [-0.25, -0.2) is 4.79 Å². The zero-order valence-corrected chi connectivity index (χ0v) is 8.76. The van der Waals surface area contributed by atoms with E-state index in [4.69, 9.17) is 14.6 Å². The minimum atomic E-state index is -1.39. The fourth-order valence-corrected chi connectivity index (χ4v) is 1.02. The molecule has 12 heavy (non-hydrogen) atoms. The van der Waals surface area contributed by atoms with Gasteiger partial charge in [-0.2, -0.15) is 0 Å². The first kappa shape index (κ1) is 11.9. The first-order chi connectivity index (χ1) is 5.56. The van der Waals surface area contributed by atoms with Crippen LogP contribution in [0.4, 0.5) is 0 Å². The third-order valence-corrected chi connectivity index (χ3v) is 1.98. The van der Waals surface area contributed by atoms with Crippen LogP contribution in [-0.2, 0) is 14.3 Å². The summed E-state index contributed by atoms with van der Waals surface area (Å²) in [4.78, 5) is 10.7. The molecule has 5 heteroatoms. The standard InChI is InChI=1S/C7H13BrO4/c1-3-11-5-7(8,6(9)10)12-4-2/h3-5H2,1-2H3,(H,9,10). The zero-order valence-electron chi connectivity index (χ0n) is 7.17. The molecule has 0 saturated heterocycles. The highest BCUT2D eigenvalue weighted by Gasteiger charge is 2.36. The van der Waals surface area contributed by atoms with Gasteiger partial charge >= 0.3 is 5.97 Å². The maximum absolute atomic E-state index is 10.7. The molecule has 0 aliphatic carbocycles. The van der Waals surface area contributed by atoms with E-state index in [9.17, 15) is 4.79 Å². The summed E-state index contributed by atoms with van der Waals surface area (Å²) in [7, 11) is 0. The molecule has 1 N–H and O–H groups in total. The SMILES string of the molecule is CCOCC(Br)(OCC)C(=O)O. The molecule has 0 fully saturated rings. The van der Waals surface area contributed by atoms with E-state index in [1.54, 1.807) is 13.8 Å². The van der Waals surface area contributed by atoms with Gasteiger partial charge in [0.05, 0.1) is 6.61 Å². The summed E-state index contributed by atoms with van der Waals surface area (Å²) in [6.07, 6.45) is 0. The van der Waals surface area contributed by atoms with Crippen molar-refractivity contribution in [2.24, 2.45) is 0 Å². The summed E-state index contributed by atoms with van der Waals surface area (Å²) in [5.74, 6) is -1.07. The van der Waals surface area contributed by atoms with E-state index >= 15 is 0 Å². The van der Waals surface area contributed by atoms with Crippen LogP contribution in [0.2, 0.25) is 0 Å². The summed E-state index contributed by atoms with van der Waals surface area (Å²) >= 11 is 2.96. The summed E-state index contributed by atoms with van der Waals surface area (Å²) < 4.78 is 8.55. The van der Waals surface area contributed by atoms with Crippen molar-refractivity contribution in [1.29, 1.82) is 0 Å². The third kappa shape index (κ3) is 3.51. The van der Waals surface area contributed by atoms with Gasteiger partial charge in [0, 0.05) is 13.2 Å². The van der Waals surface area contributed by atoms with E-state index in [0.717, 1.165) is 0 Å². The van der Waals surface area contributed by atoms with E-state index in [-0.39, 0.29) is 6.61 Å². The van der Waals surface area contributed by atoms with Crippen molar-refractivity contribution < 1.29 is 19.4 Å². The van der Waals surface area contributed by atoms with Crippen molar-refractivity contribution in [3.05, 3.63) is 0 Å². The van der Waals surface area contributed by atoms with Gasteiger partial charge in [-0.15, -0.1) is 0 Å². The van der Waals surface area contributed by atoms with Crippen LogP contribution in [0.3, 0.4) is 0 Å². The Labute approximate surface area is 80.0 Å².